The van der Waals surface area contributed by atoms with Crippen molar-refractivity contribution in [1.29, 1.82) is 0 Å². The first kappa shape index (κ1) is 15.0. The number of rotatable bonds is 6. The number of non-ortho nitro benzene ring substituents is 1. The Morgan fingerprint density at radius 3 is 2.79 bits per heavy atom. The Kier molecular flexibility index (Phi) is 5.32. The average Bonchev–Trinajstić information content (AvgIpc) is 2.34. The van der Waals surface area contributed by atoms with E-state index in [2.05, 4.69) is 17.2 Å². The normalized spacial score (nSPS) is 9.79. The predicted octanol–water partition coefficient (Wildman–Crippen LogP) is 2.27. The molecular weight excluding hydrogens is 270 g/mol. The Morgan fingerprint density at radius 2 is 2.26 bits per heavy atom. The van der Waals surface area contributed by atoms with E-state index in [9.17, 15) is 14.9 Å². The molecule has 1 aromatic carbocycles. The Morgan fingerprint density at radius 1 is 1.58 bits per heavy atom. The van der Waals surface area contributed by atoms with Crippen LogP contribution in [0.4, 0.5) is 11.4 Å². The lowest BCUT2D eigenvalue weighted by molar-refractivity contribution is -0.384. The third-order valence-electron chi connectivity index (χ3n) is 2.35. The second-order valence-corrected chi connectivity index (χ2v) is 4.23. The molecule has 0 saturated carbocycles. The van der Waals surface area contributed by atoms with Gasteiger partial charge in [-0.2, -0.15) is 0 Å². The van der Waals surface area contributed by atoms with Gasteiger partial charge >= 0.3 is 0 Å². The molecule has 0 bridgehead atoms. The molecule has 0 aliphatic heterocycles. The van der Waals surface area contributed by atoms with E-state index in [1.165, 1.54) is 12.1 Å². The molecule has 102 valence electrons. The third-order valence-corrected chi connectivity index (χ3v) is 2.65. The van der Waals surface area contributed by atoms with Crippen LogP contribution in [0.2, 0.25) is 5.02 Å². The summed E-state index contributed by atoms with van der Waals surface area (Å²) in [6.07, 6.45) is 1.57. The van der Waals surface area contributed by atoms with E-state index in [1.54, 1.807) is 13.0 Å². The van der Waals surface area contributed by atoms with Crippen LogP contribution in [0.5, 0.6) is 0 Å². The van der Waals surface area contributed by atoms with Gasteiger partial charge in [-0.1, -0.05) is 17.7 Å². The van der Waals surface area contributed by atoms with E-state index >= 15 is 0 Å². The van der Waals surface area contributed by atoms with Gasteiger partial charge in [-0.15, -0.1) is 6.58 Å². The topological polar surface area (TPSA) is 84.3 Å². The SMILES string of the molecule is C=CCNC(=O)CNc1c(C)cc([N+](=O)[O-])cc1Cl. The van der Waals surface area contributed by atoms with Crippen molar-refractivity contribution in [3.8, 4) is 0 Å². The van der Waals surface area contributed by atoms with E-state index in [-0.39, 0.29) is 23.2 Å². The van der Waals surface area contributed by atoms with Crippen molar-refractivity contribution in [2.45, 2.75) is 6.92 Å². The Balaban J connectivity index is 2.76. The van der Waals surface area contributed by atoms with Crippen LogP contribution < -0.4 is 10.6 Å². The molecule has 0 unspecified atom stereocenters. The highest BCUT2D eigenvalue weighted by Crippen LogP contribution is 2.30. The highest BCUT2D eigenvalue weighted by Gasteiger charge is 2.13. The van der Waals surface area contributed by atoms with E-state index < -0.39 is 4.92 Å². The molecule has 0 saturated heterocycles. The summed E-state index contributed by atoms with van der Waals surface area (Å²) in [6, 6.07) is 2.65. The van der Waals surface area contributed by atoms with Crippen molar-refractivity contribution >= 4 is 28.9 Å². The van der Waals surface area contributed by atoms with Crippen LogP contribution in [0.1, 0.15) is 5.56 Å². The highest BCUT2D eigenvalue weighted by atomic mass is 35.5. The number of carbonyl (C=O) groups is 1. The number of nitrogens with one attached hydrogen (secondary N) is 2. The molecule has 1 aromatic rings. The van der Waals surface area contributed by atoms with Gasteiger partial charge in [0.2, 0.25) is 5.91 Å². The number of anilines is 1. The molecule has 0 spiro atoms. The van der Waals surface area contributed by atoms with Gasteiger partial charge in [0.1, 0.15) is 0 Å². The summed E-state index contributed by atoms with van der Waals surface area (Å²) in [4.78, 5) is 21.5. The zero-order chi connectivity index (χ0) is 14.4. The van der Waals surface area contributed by atoms with Gasteiger partial charge in [0.25, 0.3) is 5.69 Å². The summed E-state index contributed by atoms with van der Waals surface area (Å²) in [6.45, 7) is 5.59. The maximum atomic E-state index is 11.4. The summed E-state index contributed by atoms with van der Waals surface area (Å²) in [5.74, 6) is -0.214. The number of nitro groups is 1. The Hall–Kier alpha value is -2.08. The van der Waals surface area contributed by atoms with Gasteiger partial charge in [-0.05, 0) is 12.5 Å². The molecule has 0 aliphatic rings. The zero-order valence-electron chi connectivity index (χ0n) is 10.4. The van der Waals surface area contributed by atoms with Crippen LogP contribution in [0.3, 0.4) is 0 Å². The van der Waals surface area contributed by atoms with Crippen molar-refractivity contribution in [1.82, 2.24) is 5.32 Å². The summed E-state index contributed by atoms with van der Waals surface area (Å²) >= 11 is 5.95. The maximum Gasteiger partial charge on any atom is 0.271 e. The number of nitro benzene ring substituents is 1. The minimum Gasteiger partial charge on any atom is -0.375 e. The molecule has 0 radical (unpaired) electrons. The molecule has 6 nitrogen and oxygen atoms in total. The number of hydrogen-bond donors (Lipinski definition) is 2. The van der Waals surface area contributed by atoms with Crippen LogP contribution in [-0.4, -0.2) is 23.9 Å². The molecule has 0 atom stereocenters. The lowest BCUT2D eigenvalue weighted by Crippen LogP contribution is -2.30. The van der Waals surface area contributed by atoms with E-state index in [1.807, 2.05) is 0 Å². The van der Waals surface area contributed by atoms with Gasteiger partial charge in [0.05, 0.1) is 22.2 Å². The van der Waals surface area contributed by atoms with Crippen molar-refractivity contribution in [2.75, 3.05) is 18.4 Å². The van der Waals surface area contributed by atoms with E-state index in [4.69, 9.17) is 11.6 Å². The number of nitrogens with zero attached hydrogens (tertiary/aromatic N) is 1. The Labute approximate surface area is 115 Å². The lowest BCUT2D eigenvalue weighted by atomic mass is 10.1. The van der Waals surface area contributed by atoms with Crippen molar-refractivity contribution in [3.63, 3.8) is 0 Å². The third kappa shape index (κ3) is 4.26. The van der Waals surface area contributed by atoms with Crippen molar-refractivity contribution < 1.29 is 9.72 Å². The molecule has 7 heteroatoms. The summed E-state index contributed by atoms with van der Waals surface area (Å²) in [7, 11) is 0. The smallest absolute Gasteiger partial charge is 0.271 e. The molecule has 0 heterocycles. The van der Waals surface area contributed by atoms with Gasteiger partial charge in [0, 0.05) is 18.7 Å². The van der Waals surface area contributed by atoms with Gasteiger partial charge in [0.15, 0.2) is 0 Å². The lowest BCUT2D eigenvalue weighted by Gasteiger charge is -2.11. The van der Waals surface area contributed by atoms with Crippen LogP contribution in [0.15, 0.2) is 24.8 Å². The average molecular weight is 284 g/mol. The molecule has 0 aromatic heterocycles. The molecule has 2 N–H and O–H groups in total. The van der Waals surface area contributed by atoms with E-state index in [0.29, 0.717) is 17.8 Å². The molecule has 19 heavy (non-hydrogen) atoms. The number of hydrogen-bond acceptors (Lipinski definition) is 4. The van der Waals surface area contributed by atoms with Crippen LogP contribution in [0, 0.1) is 17.0 Å². The number of amides is 1. The minimum absolute atomic E-state index is 0.0339. The molecule has 1 rings (SSSR count). The maximum absolute atomic E-state index is 11.4. The number of carbonyl (C=O) groups excluding carboxylic acids is 1. The first-order valence-corrected chi connectivity index (χ1v) is 5.89. The minimum atomic E-state index is -0.514. The fourth-order valence-corrected chi connectivity index (χ4v) is 1.80. The molecule has 0 fully saturated rings. The van der Waals surface area contributed by atoms with Crippen LogP contribution >= 0.6 is 11.6 Å². The summed E-state index contributed by atoms with van der Waals surface area (Å²) in [5.41, 5.74) is 1.04. The quantitative estimate of drug-likeness (QED) is 0.476. The molecule has 0 aliphatic carbocycles. The predicted molar refractivity (Wildman–Crippen MR) is 74.5 cm³/mol. The number of aryl methyl sites for hydroxylation is 1. The first-order valence-electron chi connectivity index (χ1n) is 5.51. The highest BCUT2D eigenvalue weighted by molar-refractivity contribution is 6.33. The summed E-state index contributed by atoms with van der Waals surface area (Å²) in [5, 5.41) is 16.3. The van der Waals surface area contributed by atoms with Gasteiger partial charge < -0.3 is 10.6 Å². The second-order valence-electron chi connectivity index (χ2n) is 3.82. The molecular formula is C12H14ClN3O3. The van der Waals surface area contributed by atoms with Crippen LogP contribution in [-0.2, 0) is 4.79 Å². The molecule has 1 amide bonds. The monoisotopic (exact) mass is 283 g/mol. The second kappa shape index (κ2) is 6.75. The van der Waals surface area contributed by atoms with Gasteiger partial charge in [-0.25, -0.2) is 0 Å². The Bertz CT molecular complexity index is 494. The fourth-order valence-electron chi connectivity index (χ4n) is 1.47. The summed E-state index contributed by atoms with van der Waals surface area (Å²) < 4.78 is 0. The van der Waals surface area contributed by atoms with E-state index in [0.717, 1.165) is 0 Å². The fraction of sp³-hybridized carbons (Fsp3) is 0.250. The largest absolute Gasteiger partial charge is 0.375 e. The zero-order valence-corrected chi connectivity index (χ0v) is 11.2. The van der Waals surface area contributed by atoms with Gasteiger partial charge in [-0.3, -0.25) is 14.9 Å². The number of halogens is 1. The van der Waals surface area contributed by atoms with Crippen molar-refractivity contribution in [3.05, 3.63) is 45.5 Å². The van der Waals surface area contributed by atoms with Crippen molar-refractivity contribution in [2.24, 2.45) is 0 Å². The standard InChI is InChI=1S/C12H14ClN3O3/c1-3-4-14-11(17)7-15-12-8(2)5-9(16(18)19)6-10(12)13/h3,5-6,15H,1,4,7H2,2H3,(H,14,17). The van der Waals surface area contributed by atoms with Crippen LogP contribution in [0.25, 0.3) is 0 Å². The first-order chi connectivity index (χ1) is 8.95. The number of benzene rings is 1.